The molecule has 0 fully saturated rings. The van der Waals surface area contributed by atoms with Crippen LogP contribution in [0.25, 0.3) is 10.2 Å². The van der Waals surface area contributed by atoms with Crippen LogP contribution in [0.15, 0.2) is 29.1 Å². The van der Waals surface area contributed by atoms with Crippen LogP contribution < -0.4 is 5.56 Å². The highest BCUT2D eigenvalue weighted by molar-refractivity contribution is 7.20. The number of ether oxygens (including phenoxy) is 1. The summed E-state index contributed by atoms with van der Waals surface area (Å²) in [5.74, 6) is -0.415. The number of nitrogens with zero attached hydrogens (tertiary/aromatic N) is 1. The molecule has 26 heavy (non-hydrogen) atoms. The first kappa shape index (κ1) is 18.0. The number of thiophene rings is 1. The first-order valence-electron chi connectivity index (χ1n) is 8.20. The molecule has 7 heteroatoms. The van der Waals surface area contributed by atoms with Gasteiger partial charge in [-0.2, -0.15) is 0 Å². The first-order valence-corrected chi connectivity index (χ1v) is 9.01. The number of Topliss-reactive ketones (excluding diaryl/α,β-unsaturated/α-hetero) is 1. The van der Waals surface area contributed by atoms with Crippen molar-refractivity contribution in [3.05, 3.63) is 62.0 Å². The Morgan fingerprint density at radius 2 is 1.88 bits per heavy atom. The van der Waals surface area contributed by atoms with Gasteiger partial charge >= 0.3 is 5.97 Å². The maximum atomic E-state index is 12.4. The van der Waals surface area contributed by atoms with E-state index in [0.29, 0.717) is 27.2 Å². The molecule has 0 spiro atoms. The van der Waals surface area contributed by atoms with E-state index in [1.807, 2.05) is 19.1 Å². The summed E-state index contributed by atoms with van der Waals surface area (Å²) in [7, 11) is 0. The number of carbonyl (C=O) groups is 2. The second-order valence-corrected chi connectivity index (χ2v) is 6.94. The molecule has 0 aliphatic rings. The SMILES string of the molecule is CCc1ccc(C(=O)COC(=O)c2sc3nc(C)[nH]c(=O)c3c2C)cc1. The van der Waals surface area contributed by atoms with Crippen LogP contribution in [0.1, 0.15) is 43.9 Å². The van der Waals surface area contributed by atoms with Crippen LogP contribution in [-0.2, 0) is 11.2 Å². The Morgan fingerprint density at radius 3 is 2.54 bits per heavy atom. The molecule has 3 rings (SSSR count). The Bertz CT molecular complexity index is 1050. The van der Waals surface area contributed by atoms with Gasteiger partial charge in [-0.15, -0.1) is 11.3 Å². The van der Waals surface area contributed by atoms with Crippen LogP contribution in [0, 0.1) is 13.8 Å². The van der Waals surface area contributed by atoms with Crippen molar-refractivity contribution < 1.29 is 14.3 Å². The second kappa shape index (κ2) is 7.21. The van der Waals surface area contributed by atoms with E-state index in [-0.39, 0.29) is 22.8 Å². The molecule has 0 aliphatic carbocycles. The Labute approximate surface area is 153 Å². The molecule has 3 aromatic rings. The van der Waals surface area contributed by atoms with Crippen LogP contribution in [0.3, 0.4) is 0 Å². The number of H-pyrrole nitrogens is 1. The first-order chi connectivity index (χ1) is 12.4. The average Bonchev–Trinajstić information content (AvgIpc) is 2.96. The van der Waals surface area contributed by atoms with Crippen molar-refractivity contribution in [3.63, 3.8) is 0 Å². The van der Waals surface area contributed by atoms with Gasteiger partial charge in [-0.05, 0) is 31.4 Å². The highest BCUT2D eigenvalue weighted by Gasteiger charge is 2.21. The molecular formula is C19H18N2O4S. The Hall–Kier alpha value is -2.80. The fourth-order valence-corrected chi connectivity index (χ4v) is 3.77. The van der Waals surface area contributed by atoms with Crippen LogP contribution in [0.2, 0.25) is 0 Å². The number of aromatic nitrogens is 2. The quantitative estimate of drug-likeness (QED) is 0.550. The molecule has 2 heterocycles. The largest absolute Gasteiger partial charge is 0.453 e. The van der Waals surface area contributed by atoms with E-state index >= 15 is 0 Å². The maximum absolute atomic E-state index is 12.4. The lowest BCUT2D eigenvalue weighted by molar-refractivity contribution is 0.0479. The second-order valence-electron chi connectivity index (χ2n) is 5.94. The molecule has 0 aliphatic heterocycles. The zero-order valence-electron chi connectivity index (χ0n) is 14.7. The summed E-state index contributed by atoms with van der Waals surface area (Å²) in [5, 5.41) is 0.383. The number of rotatable bonds is 5. The molecule has 1 N–H and O–H groups in total. The molecule has 0 radical (unpaired) electrons. The number of aryl methyl sites for hydroxylation is 3. The molecule has 1 aromatic carbocycles. The van der Waals surface area contributed by atoms with Gasteiger partial charge in [-0.3, -0.25) is 9.59 Å². The predicted molar refractivity (Wildman–Crippen MR) is 100 cm³/mol. The van der Waals surface area contributed by atoms with Gasteiger partial charge in [0.05, 0.1) is 5.39 Å². The zero-order chi connectivity index (χ0) is 18.8. The van der Waals surface area contributed by atoms with Crippen molar-refractivity contribution in [1.82, 2.24) is 9.97 Å². The Morgan fingerprint density at radius 1 is 1.19 bits per heavy atom. The normalized spacial score (nSPS) is 10.9. The van der Waals surface area contributed by atoms with Crippen LogP contribution >= 0.6 is 11.3 Å². The number of fused-ring (bicyclic) bond motifs is 1. The topological polar surface area (TPSA) is 89.1 Å². The number of benzene rings is 1. The highest BCUT2D eigenvalue weighted by Crippen LogP contribution is 2.27. The lowest BCUT2D eigenvalue weighted by atomic mass is 10.1. The number of nitrogens with one attached hydrogen (secondary N) is 1. The summed E-state index contributed by atoms with van der Waals surface area (Å²) in [6.45, 7) is 5.04. The molecule has 2 aromatic heterocycles. The number of esters is 1. The lowest BCUT2D eigenvalue weighted by Gasteiger charge is -2.04. The summed E-state index contributed by atoms with van der Waals surface area (Å²) in [6, 6.07) is 7.22. The van der Waals surface area contributed by atoms with Gasteiger partial charge in [-0.1, -0.05) is 31.2 Å². The predicted octanol–water partition coefficient (Wildman–Crippen LogP) is 3.20. The third-order valence-electron chi connectivity index (χ3n) is 4.12. The molecule has 0 atom stereocenters. The summed E-state index contributed by atoms with van der Waals surface area (Å²) >= 11 is 1.10. The minimum absolute atomic E-state index is 0.272. The molecule has 0 saturated carbocycles. The van der Waals surface area contributed by atoms with Gasteiger partial charge in [0, 0.05) is 5.56 Å². The van der Waals surface area contributed by atoms with E-state index in [0.717, 1.165) is 23.3 Å². The highest BCUT2D eigenvalue weighted by atomic mass is 32.1. The van der Waals surface area contributed by atoms with Crippen LogP contribution in [-0.4, -0.2) is 28.3 Å². The van der Waals surface area contributed by atoms with Crippen molar-refractivity contribution in [2.75, 3.05) is 6.61 Å². The minimum Gasteiger partial charge on any atom is -0.453 e. The Kier molecular flexibility index (Phi) is 4.99. The number of aromatic amines is 1. The lowest BCUT2D eigenvalue weighted by Crippen LogP contribution is -2.14. The van der Waals surface area contributed by atoms with Crippen LogP contribution in [0.4, 0.5) is 0 Å². The van der Waals surface area contributed by atoms with Crippen molar-refractivity contribution in [3.8, 4) is 0 Å². The van der Waals surface area contributed by atoms with E-state index in [2.05, 4.69) is 9.97 Å². The van der Waals surface area contributed by atoms with E-state index in [9.17, 15) is 14.4 Å². The third-order valence-corrected chi connectivity index (χ3v) is 5.29. The third kappa shape index (κ3) is 3.43. The number of carbonyl (C=O) groups excluding carboxylic acids is 2. The minimum atomic E-state index is -0.624. The van der Waals surface area contributed by atoms with E-state index in [1.54, 1.807) is 26.0 Å². The number of ketones is 1. The zero-order valence-corrected chi connectivity index (χ0v) is 15.5. The van der Waals surface area contributed by atoms with Crippen molar-refractivity contribution >= 4 is 33.3 Å². The van der Waals surface area contributed by atoms with E-state index < -0.39 is 5.97 Å². The molecule has 0 unspecified atom stereocenters. The van der Waals surface area contributed by atoms with E-state index in [1.165, 1.54) is 0 Å². The fraction of sp³-hybridized carbons (Fsp3) is 0.263. The monoisotopic (exact) mass is 370 g/mol. The van der Waals surface area contributed by atoms with Crippen molar-refractivity contribution in [1.29, 1.82) is 0 Å². The fourth-order valence-electron chi connectivity index (χ4n) is 2.65. The summed E-state index contributed by atoms with van der Waals surface area (Å²) in [4.78, 5) is 44.3. The van der Waals surface area contributed by atoms with Crippen molar-refractivity contribution in [2.45, 2.75) is 27.2 Å². The molecule has 6 nitrogen and oxygen atoms in total. The molecular weight excluding hydrogens is 352 g/mol. The molecule has 0 saturated heterocycles. The molecule has 0 amide bonds. The molecule has 134 valence electrons. The number of hydrogen-bond acceptors (Lipinski definition) is 6. The maximum Gasteiger partial charge on any atom is 0.349 e. The molecule has 0 bridgehead atoms. The van der Waals surface area contributed by atoms with Gasteiger partial charge in [0.1, 0.15) is 15.5 Å². The summed E-state index contributed by atoms with van der Waals surface area (Å²) in [6.07, 6.45) is 0.890. The van der Waals surface area contributed by atoms with Crippen molar-refractivity contribution in [2.24, 2.45) is 0 Å². The van der Waals surface area contributed by atoms with Gasteiger partial charge in [0.25, 0.3) is 5.56 Å². The summed E-state index contributed by atoms with van der Waals surface area (Å²) in [5.41, 5.74) is 1.86. The van der Waals surface area contributed by atoms with Crippen LogP contribution in [0.5, 0.6) is 0 Å². The van der Waals surface area contributed by atoms with Gasteiger partial charge in [-0.25, -0.2) is 9.78 Å². The van der Waals surface area contributed by atoms with Gasteiger partial charge in [0.15, 0.2) is 12.4 Å². The van der Waals surface area contributed by atoms with E-state index in [4.69, 9.17) is 4.74 Å². The Balaban J connectivity index is 1.76. The van der Waals surface area contributed by atoms with Gasteiger partial charge in [0.2, 0.25) is 0 Å². The standard InChI is InChI=1S/C19H18N2O4S/c1-4-12-5-7-13(8-6-12)14(22)9-25-19(24)16-10(2)15-17(23)20-11(3)21-18(15)26-16/h5-8H,4,9H2,1-3H3,(H,20,21,23). The average molecular weight is 370 g/mol. The smallest absolute Gasteiger partial charge is 0.349 e. The number of hydrogen-bond donors (Lipinski definition) is 1. The summed E-state index contributed by atoms with van der Waals surface area (Å²) < 4.78 is 5.16. The van der Waals surface area contributed by atoms with Gasteiger partial charge < -0.3 is 9.72 Å².